The van der Waals surface area contributed by atoms with Crippen LogP contribution in [0.15, 0.2) is 36.4 Å². The Morgan fingerprint density at radius 3 is 2.55 bits per heavy atom. The quantitative estimate of drug-likeness (QED) is 0.814. The highest BCUT2D eigenvalue weighted by atomic mass is 35.5. The molecule has 1 aliphatic rings. The lowest BCUT2D eigenvalue weighted by Crippen LogP contribution is -2.36. The molecular formula is C15H15ClFN3. The van der Waals surface area contributed by atoms with Crippen LogP contribution in [0.2, 0.25) is 5.02 Å². The third-order valence-electron chi connectivity index (χ3n) is 3.60. The van der Waals surface area contributed by atoms with Crippen LogP contribution in [-0.4, -0.2) is 20.1 Å². The van der Waals surface area contributed by atoms with Gasteiger partial charge < -0.3 is 15.5 Å². The lowest BCUT2D eigenvalue weighted by molar-refractivity contribution is 0.628. The van der Waals surface area contributed by atoms with Gasteiger partial charge in [-0.1, -0.05) is 23.7 Å². The van der Waals surface area contributed by atoms with Gasteiger partial charge in [0.1, 0.15) is 5.82 Å². The molecule has 5 heteroatoms. The predicted octanol–water partition coefficient (Wildman–Crippen LogP) is 3.65. The van der Waals surface area contributed by atoms with Crippen molar-refractivity contribution >= 4 is 34.4 Å². The first kappa shape index (κ1) is 13.1. The molecule has 0 atom stereocenters. The predicted molar refractivity (Wildman–Crippen MR) is 82.5 cm³/mol. The third kappa shape index (κ3) is 2.06. The van der Waals surface area contributed by atoms with E-state index in [1.165, 1.54) is 12.1 Å². The molecule has 2 N–H and O–H groups in total. The van der Waals surface area contributed by atoms with Gasteiger partial charge in [-0.05, 0) is 18.2 Å². The van der Waals surface area contributed by atoms with Gasteiger partial charge in [0, 0.05) is 26.2 Å². The highest BCUT2D eigenvalue weighted by Gasteiger charge is 2.23. The lowest BCUT2D eigenvalue weighted by Gasteiger charge is -2.37. The van der Waals surface area contributed by atoms with Gasteiger partial charge in [-0.15, -0.1) is 0 Å². The van der Waals surface area contributed by atoms with Gasteiger partial charge in [-0.25, -0.2) is 4.39 Å². The van der Waals surface area contributed by atoms with Crippen LogP contribution < -0.4 is 15.5 Å². The fourth-order valence-electron chi connectivity index (χ4n) is 2.54. The summed E-state index contributed by atoms with van der Waals surface area (Å²) in [5, 5.41) is 0.0497. The number of benzene rings is 2. The number of anilines is 4. The van der Waals surface area contributed by atoms with E-state index < -0.39 is 5.82 Å². The minimum atomic E-state index is -0.452. The summed E-state index contributed by atoms with van der Waals surface area (Å²) < 4.78 is 13.7. The Labute approximate surface area is 122 Å². The Kier molecular flexibility index (Phi) is 3.18. The van der Waals surface area contributed by atoms with E-state index in [0.29, 0.717) is 11.4 Å². The summed E-state index contributed by atoms with van der Waals surface area (Å²) in [7, 11) is 2.04. The first-order chi connectivity index (χ1) is 9.58. The molecule has 0 fully saturated rings. The van der Waals surface area contributed by atoms with E-state index in [9.17, 15) is 4.39 Å². The number of halogens is 2. The van der Waals surface area contributed by atoms with Gasteiger partial charge in [-0.2, -0.15) is 0 Å². The van der Waals surface area contributed by atoms with E-state index in [-0.39, 0.29) is 5.02 Å². The van der Waals surface area contributed by atoms with Crippen molar-refractivity contribution in [2.24, 2.45) is 0 Å². The van der Waals surface area contributed by atoms with Gasteiger partial charge in [0.05, 0.1) is 27.8 Å². The van der Waals surface area contributed by atoms with Gasteiger partial charge in [0.25, 0.3) is 0 Å². The number of likely N-dealkylation sites (N-methyl/N-ethyl adjacent to an activating group) is 1. The second kappa shape index (κ2) is 4.87. The summed E-state index contributed by atoms with van der Waals surface area (Å²) in [5.41, 5.74) is 9.28. The highest BCUT2D eigenvalue weighted by Crippen LogP contribution is 2.40. The number of hydrogen-bond acceptors (Lipinski definition) is 3. The van der Waals surface area contributed by atoms with E-state index in [1.807, 2.05) is 36.2 Å². The van der Waals surface area contributed by atoms with Gasteiger partial charge >= 0.3 is 0 Å². The summed E-state index contributed by atoms with van der Waals surface area (Å²) in [4.78, 5) is 4.21. The van der Waals surface area contributed by atoms with Crippen LogP contribution in [0.25, 0.3) is 0 Å². The molecule has 0 spiro atoms. The summed E-state index contributed by atoms with van der Waals surface area (Å²) >= 11 is 5.77. The third-order valence-corrected chi connectivity index (χ3v) is 3.89. The summed E-state index contributed by atoms with van der Waals surface area (Å²) in [6.45, 7) is 1.60. The van der Waals surface area contributed by atoms with Crippen molar-refractivity contribution in [3.63, 3.8) is 0 Å². The molecule has 3 nitrogen and oxygen atoms in total. The maximum absolute atomic E-state index is 13.7. The average molecular weight is 292 g/mol. The monoisotopic (exact) mass is 291 g/mol. The summed E-state index contributed by atoms with van der Waals surface area (Å²) in [6, 6.07) is 10.9. The molecule has 0 saturated carbocycles. The van der Waals surface area contributed by atoms with E-state index in [2.05, 4.69) is 4.90 Å². The summed E-state index contributed by atoms with van der Waals surface area (Å²) in [6.07, 6.45) is 0. The minimum absolute atomic E-state index is 0.0497. The normalized spacial score (nSPS) is 14.3. The van der Waals surface area contributed by atoms with Gasteiger partial charge in [0.2, 0.25) is 0 Å². The standard InChI is InChI=1S/C15H15ClFN3/c1-19-6-7-20(14-5-3-2-4-13(14)19)15-9-11(17)10(16)8-12(15)18/h2-5,8-9H,6-7,18H2,1H3. The molecule has 0 bridgehead atoms. The molecule has 0 radical (unpaired) electrons. The summed E-state index contributed by atoms with van der Waals surface area (Å²) in [5.74, 6) is -0.452. The Balaban J connectivity index is 2.12. The number of hydrogen-bond donors (Lipinski definition) is 1. The van der Waals surface area contributed by atoms with E-state index >= 15 is 0 Å². The van der Waals surface area contributed by atoms with Crippen molar-refractivity contribution in [3.8, 4) is 0 Å². The number of rotatable bonds is 1. The lowest BCUT2D eigenvalue weighted by atomic mass is 10.1. The topological polar surface area (TPSA) is 32.5 Å². The Bertz CT molecular complexity index is 660. The molecule has 104 valence electrons. The molecule has 20 heavy (non-hydrogen) atoms. The number of fused-ring (bicyclic) bond motifs is 1. The molecule has 0 aromatic heterocycles. The second-order valence-corrected chi connectivity index (χ2v) is 5.29. The molecule has 2 aromatic carbocycles. The van der Waals surface area contributed by atoms with Crippen LogP contribution >= 0.6 is 11.6 Å². The van der Waals surface area contributed by atoms with Crippen LogP contribution in [0.4, 0.5) is 27.1 Å². The highest BCUT2D eigenvalue weighted by molar-refractivity contribution is 6.31. The minimum Gasteiger partial charge on any atom is -0.397 e. The zero-order valence-electron chi connectivity index (χ0n) is 11.1. The Morgan fingerprint density at radius 1 is 1.10 bits per heavy atom. The molecule has 0 amide bonds. The number of nitrogens with zero attached hydrogens (tertiary/aromatic N) is 2. The molecule has 0 aliphatic carbocycles. The fraction of sp³-hybridized carbons (Fsp3) is 0.200. The van der Waals surface area contributed by atoms with Crippen LogP contribution in [0.1, 0.15) is 0 Å². The van der Waals surface area contributed by atoms with E-state index in [4.69, 9.17) is 17.3 Å². The molecule has 0 saturated heterocycles. The maximum Gasteiger partial charge on any atom is 0.144 e. The maximum atomic E-state index is 13.7. The molecule has 1 aliphatic heterocycles. The number of nitrogen functional groups attached to an aromatic ring is 1. The van der Waals surface area contributed by atoms with E-state index in [1.54, 1.807) is 0 Å². The SMILES string of the molecule is CN1CCN(c2cc(F)c(Cl)cc2N)c2ccccc21. The second-order valence-electron chi connectivity index (χ2n) is 4.89. The Morgan fingerprint density at radius 2 is 1.80 bits per heavy atom. The van der Waals surface area contributed by atoms with Crippen LogP contribution in [-0.2, 0) is 0 Å². The van der Waals surface area contributed by atoms with Crippen molar-refractivity contribution < 1.29 is 4.39 Å². The van der Waals surface area contributed by atoms with Crippen molar-refractivity contribution in [1.82, 2.24) is 0 Å². The molecular weight excluding hydrogens is 277 g/mol. The molecule has 0 unspecified atom stereocenters. The molecule has 3 rings (SSSR count). The van der Waals surface area contributed by atoms with Crippen molar-refractivity contribution in [3.05, 3.63) is 47.2 Å². The zero-order chi connectivity index (χ0) is 14.3. The van der Waals surface area contributed by atoms with Crippen molar-refractivity contribution in [1.29, 1.82) is 0 Å². The smallest absolute Gasteiger partial charge is 0.144 e. The first-order valence-electron chi connectivity index (χ1n) is 6.40. The first-order valence-corrected chi connectivity index (χ1v) is 6.78. The number of para-hydroxylation sites is 2. The van der Waals surface area contributed by atoms with Crippen LogP contribution in [0.5, 0.6) is 0 Å². The van der Waals surface area contributed by atoms with Crippen LogP contribution in [0, 0.1) is 5.82 Å². The van der Waals surface area contributed by atoms with Crippen LogP contribution in [0.3, 0.4) is 0 Å². The van der Waals surface area contributed by atoms with Crippen molar-refractivity contribution in [2.75, 3.05) is 35.7 Å². The zero-order valence-corrected chi connectivity index (χ0v) is 11.9. The average Bonchev–Trinajstić information content (AvgIpc) is 2.44. The van der Waals surface area contributed by atoms with E-state index in [0.717, 1.165) is 24.5 Å². The Hall–Kier alpha value is -1.94. The molecule has 1 heterocycles. The number of nitrogens with two attached hydrogens (primary N) is 1. The van der Waals surface area contributed by atoms with Gasteiger partial charge in [0.15, 0.2) is 0 Å². The van der Waals surface area contributed by atoms with Gasteiger partial charge in [-0.3, -0.25) is 0 Å². The fourth-order valence-corrected chi connectivity index (χ4v) is 2.71. The van der Waals surface area contributed by atoms with Crippen molar-refractivity contribution in [2.45, 2.75) is 0 Å². The largest absolute Gasteiger partial charge is 0.397 e. The molecule has 2 aromatic rings.